The molecule has 1 aromatic rings. The van der Waals surface area contributed by atoms with Crippen molar-refractivity contribution in [3.63, 3.8) is 0 Å². The van der Waals surface area contributed by atoms with Gasteiger partial charge < -0.3 is 10.1 Å². The van der Waals surface area contributed by atoms with Gasteiger partial charge in [0, 0.05) is 0 Å². The van der Waals surface area contributed by atoms with Gasteiger partial charge in [0.15, 0.2) is 0 Å². The van der Waals surface area contributed by atoms with Gasteiger partial charge in [-0.2, -0.15) is 0 Å². The second-order valence-corrected chi connectivity index (χ2v) is 5.32. The van der Waals surface area contributed by atoms with E-state index in [0.717, 1.165) is 37.8 Å². The molecular weight excluding hydrogens is 238 g/mol. The van der Waals surface area contributed by atoms with Crippen LogP contribution < -0.4 is 5.32 Å². The quantitative estimate of drug-likeness (QED) is 0.827. The number of rotatable bonds is 5. The molecule has 1 aromatic carbocycles. The minimum absolute atomic E-state index is 0.0943. The van der Waals surface area contributed by atoms with Crippen molar-refractivity contribution < 1.29 is 9.53 Å². The van der Waals surface area contributed by atoms with E-state index in [-0.39, 0.29) is 12.1 Å². The lowest BCUT2D eigenvalue weighted by atomic mass is 9.92. The molecule has 19 heavy (non-hydrogen) atoms. The van der Waals surface area contributed by atoms with E-state index in [1.165, 1.54) is 0 Å². The van der Waals surface area contributed by atoms with Crippen LogP contribution >= 0.6 is 0 Å². The highest BCUT2D eigenvalue weighted by Gasteiger charge is 2.42. The fraction of sp³-hybridized carbons (Fsp3) is 0.562. The van der Waals surface area contributed by atoms with E-state index in [2.05, 4.69) is 12.2 Å². The van der Waals surface area contributed by atoms with Gasteiger partial charge in [-0.1, -0.05) is 43.7 Å². The molecule has 0 spiro atoms. The average molecular weight is 261 g/mol. The lowest BCUT2D eigenvalue weighted by molar-refractivity contribution is -0.156. The molecule has 3 nitrogen and oxygen atoms in total. The molecule has 0 amide bonds. The van der Waals surface area contributed by atoms with Crippen LogP contribution in [0.15, 0.2) is 30.3 Å². The molecule has 1 heterocycles. The summed E-state index contributed by atoms with van der Waals surface area (Å²) in [6, 6.07) is 9.89. The van der Waals surface area contributed by atoms with E-state index in [1.807, 2.05) is 37.3 Å². The normalized spacial score (nSPS) is 24.1. The van der Waals surface area contributed by atoms with Crippen molar-refractivity contribution in [2.45, 2.75) is 51.2 Å². The number of ether oxygens (including phenoxy) is 1. The van der Waals surface area contributed by atoms with Crippen LogP contribution in [0.5, 0.6) is 0 Å². The fourth-order valence-electron chi connectivity index (χ4n) is 2.79. The Labute approximate surface area is 115 Å². The maximum absolute atomic E-state index is 12.5. The number of benzene rings is 1. The van der Waals surface area contributed by atoms with E-state index in [4.69, 9.17) is 4.74 Å². The molecule has 1 saturated heterocycles. The van der Waals surface area contributed by atoms with Gasteiger partial charge in [-0.3, -0.25) is 4.79 Å². The first-order chi connectivity index (χ1) is 9.18. The first kappa shape index (κ1) is 14.1. The first-order valence-corrected chi connectivity index (χ1v) is 7.19. The van der Waals surface area contributed by atoms with Gasteiger partial charge in [-0.05, 0) is 38.3 Å². The summed E-state index contributed by atoms with van der Waals surface area (Å²) in [5.74, 6) is -0.0943. The lowest BCUT2D eigenvalue weighted by Gasteiger charge is -2.28. The molecule has 3 heteroatoms. The summed E-state index contributed by atoms with van der Waals surface area (Å²) in [5.41, 5.74) is 0.595. The van der Waals surface area contributed by atoms with Gasteiger partial charge in [0.25, 0.3) is 0 Å². The fourth-order valence-corrected chi connectivity index (χ4v) is 2.79. The second kappa shape index (κ2) is 6.20. The molecule has 1 aliphatic rings. The summed E-state index contributed by atoms with van der Waals surface area (Å²) >= 11 is 0. The number of esters is 1. The van der Waals surface area contributed by atoms with E-state index in [0.29, 0.717) is 0 Å². The van der Waals surface area contributed by atoms with Crippen molar-refractivity contribution >= 4 is 5.97 Å². The van der Waals surface area contributed by atoms with Gasteiger partial charge >= 0.3 is 5.97 Å². The van der Waals surface area contributed by atoms with Crippen molar-refractivity contribution in [3.05, 3.63) is 35.9 Å². The van der Waals surface area contributed by atoms with Gasteiger partial charge in [-0.25, -0.2) is 0 Å². The number of carbonyl (C=O) groups excluding carboxylic acids is 1. The highest BCUT2D eigenvalue weighted by atomic mass is 16.5. The first-order valence-electron chi connectivity index (χ1n) is 7.19. The molecule has 2 atom stereocenters. The lowest BCUT2D eigenvalue weighted by Crippen LogP contribution is -2.48. The number of hydrogen-bond donors (Lipinski definition) is 1. The predicted molar refractivity (Wildman–Crippen MR) is 75.8 cm³/mol. The molecule has 1 aliphatic heterocycles. The predicted octanol–water partition coefficient (Wildman–Crippen LogP) is 3.21. The maximum Gasteiger partial charge on any atom is 0.326 e. The Hall–Kier alpha value is -1.35. The van der Waals surface area contributed by atoms with Crippen molar-refractivity contribution in [2.75, 3.05) is 6.54 Å². The Morgan fingerprint density at radius 3 is 2.74 bits per heavy atom. The molecule has 104 valence electrons. The van der Waals surface area contributed by atoms with Crippen LogP contribution in [0.2, 0.25) is 0 Å². The molecule has 0 radical (unpaired) electrons. The van der Waals surface area contributed by atoms with Crippen LogP contribution in [0.1, 0.15) is 51.2 Å². The Balaban J connectivity index is 2.03. The van der Waals surface area contributed by atoms with E-state index < -0.39 is 5.54 Å². The van der Waals surface area contributed by atoms with Gasteiger partial charge in [-0.15, -0.1) is 0 Å². The van der Waals surface area contributed by atoms with Gasteiger partial charge in [0.05, 0.1) is 0 Å². The summed E-state index contributed by atoms with van der Waals surface area (Å²) in [6.07, 6.45) is 3.59. The minimum atomic E-state index is -0.447. The second-order valence-electron chi connectivity index (χ2n) is 5.32. The summed E-state index contributed by atoms with van der Waals surface area (Å²) in [7, 11) is 0. The Kier molecular flexibility index (Phi) is 4.59. The Morgan fingerprint density at radius 2 is 2.16 bits per heavy atom. The summed E-state index contributed by atoms with van der Waals surface area (Å²) < 4.78 is 5.67. The molecule has 2 rings (SSSR count). The third-order valence-electron chi connectivity index (χ3n) is 3.86. The van der Waals surface area contributed by atoms with Crippen molar-refractivity contribution in [1.82, 2.24) is 5.32 Å². The summed E-state index contributed by atoms with van der Waals surface area (Å²) in [5, 5.41) is 3.35. The van der Waals surface area contributed by atoms with Crippen LogP contribution in [-0.2, 0) is 9.53 Å². The zero-order valence-electron chi connectivity index (χ0n) is 11.8. The van der Waals surface area contributed by atoms with Crippen LogP contribution in [0.3, 0.4) is 0 Å². The SMILES string of the molecule is CCCC1(C(=O)OC(C)c2ccccc2)CCCN1. The molecular formula is C16H23NO2. The smallest absolute Gasteiger partial charge is 0.326 e. The van der Waals surface area contributed by atoms with Crippen molar-refractivity contribution in [2.24, 2.45) is 0 Å². The van der Waals surface area contributed by atoms with Gasteiger partial charge in [0.1, 0.15) is 11.6 Å². The Morgan fingerprint density at radius 1 is 1.42 bits per heavy atom. The van der Waals surface area contributed by atoms with Crippen molar-refractivity contribution in [3.8, 4) is 0 Å². The minimum Gasteiger partial charge on any atom is -0.456 e. The zero-order valence-corrected chi connectivity index (χ0v) is 11.8. The molecule has 1 N–H and O–H groups in total. The van der Waals surface area contributed by atoms with Gasteiger partial charge in [0.2, 0.25) is 0 Å². The zero-order chi connectivity index (χ0) is 13.7. The largest absolute Gasteiger partial charge is 0.456 e. The van der Waals surface area contributed by atoms with Crippen LogP contribution in [0.25, 0.3) is 0 Å². The molecule has 0 aromatic heterocycles. The average Bonchev–Trinajstić information content (AvgIpc) is 2.90. The third kappa shape index (κ3) is 3.16. The topological polar surface area (TPSA) is 38.3 Å². The maximum atomic E-state index is 12.5. The standard InChI is InChI=1S/C16H23NO2/c1-3-10-16(11-7-12-17-16)15(18)19-13(2)14-8-5-4-6-9-14/h4-6,8-9,13,17H,3,7,10-12H2,1-2H3. The van der Waals surface area contributed by atoms with E-state index in [9.17, 15) is 4.79 Å². The van der Waals surface area contributed by atoms with Crippen molar-refractivity contribution in [1.29, 1.82) is 0 Å². The number of nitrogens with one attached hydrogen (secondary N) is 1. The third-order valence-corrected chi connectivity index (χ3v) is 3.86. The van der Waals surface area contributed by atoms with Crippen LogP contribution in [0.4, 0.5) is 0 Å². The number of carbonyl (C=O) groups is 1. The summed E-state index contributed by atoms with van der Waals surface area (Å²) in [6.45, 7) is 4.95. The van der Waals surface area contributed by atoms with E-state index in [1.54, 1.807) is 0 Å². The monoisotopic (exact) mass is 261 g/mol. The molecule has 1 fully saturated rings. The number of hydrogen-bond acceptors (Lipinski definition) is 3. The molecule has 0 saturated carbocycles. The molecule has 0 bridgehead atoms. The highest BCUT2D eigenvalue weighted by molar-refractivity contribution is 5.81. The van der Waals surface area contributed by atoms with Crippen LogP contribution in [-0.4, -0.2) is 18.1 Å². The molecule has 2 unspecified atom stereocenters. The summed E-state index contributed by atoms with van der Waals surface area (Å²) in [4.78, 5) is 12.5. The highest BCUT2D eigenvalue weighted by Crippen LogP contribution is 2.28. The van der Waals surface area contributed by atoms with E-state index >= 15 is 0 Å². The Bertz CT molecular complexity index is 410. The van der Waals surface area contributed by atoms with Crippen LogP contribution in [0, 0.1) is 0 Å². The molecule has 0 aliphatic carbocycles.